The molecule has 0 radical (unpaired) electrons. The van der Waals surface area contributed by atoms with Crippen LogP contribution in [0, 0.1) is 0 Å². The molecule has 0 rings (SSSR count). The number of aliphatic carboxylic acids is 1. The molecule has 0 spiro atoms. The van der Waals surface area contributed by atoms with Crippen molar-refractivity contribution in [2.75, 3.05) is 13.2 Å². The lowest BCUT2D eigenvalue weighted by atomic mass is 10.2. The SMILES string of the molecule is CCCCCOCC(=O)NC(C)CC(=O)O. The van der Waals surface area contributed by atoms with Gasteiger partial charge in [0.25, 0.3) is 0 Å². The molecule has 0 bridgehead atoms. The molecule has 1 atom stereocenters. The van der Waals surface area contributed by atoms with Crippen LogP contribution in [0.5, 0.6) is 0 Å². The summed E-state index contributed by atoms with van der Waals surface area (Å²) < 4.78 is 5.14. The first-order valence-corrected chi connectivity index (χ1v) is 5.65. The van der Waals surface area contributed by atoms with Crippen molar-refractivity contribution in [1.29, 1.82) is 0 Å². The van der Waals surface area contributed by atoms with Crippen molar-refractivity contribution in [3.63, 3.8) is 0 Å². The van der Waals surface area contributed by atoms with Gasteiger partial charge in [0.15, 0.2) is 0 Å². The fourth-order valence-corrected chi connectivity index (χ4v) is 1.25. The zero-order valence-corrected chi connectivity index (χ0v) is 9.99. The minimum atomic E-state index is -0.920. The van der Waals surface area contributed by atoms with Gasteiger partial charge in [0.1, 0.15) is 6.61 Å². The number of carboxylic acid groups (broad SMARTS) is 1. The number of amides is 1. The first kappa shape index (κ1) is 14.9. The highest BCUT2D eigenvalue weighted by molar-refractivity contribution is 5.78. The summed E-state index contributed by atoms with van der Waals surface area (Å²) in [5.74, 6) is -1.18. The van der Waals surface area contributed by atoms with Gasteiger partial charge in [-0.25, -0.2) is 0 Å². The molecule has 5 heteroatoms. The Kier molecular flexibility index (Phi) is 8.52. The number of rotatable bonds is 9. The van der Waals surface area contributed by atoms with E-state index < -0.39 is 5.97 Å². The van der Waals surface area contributed by atoms with Crippen molar-refractivity contribution in [3.8, 4) is 0 Å². The molecule has 0 aliphatic carbocycles. The molecule has 0 saturated heterocycles. The maximum atomic E-state index is 11.2. The molecule has 0 aromatic heterocycles. The van der Waals surface area contributed by atoms with E-state index in [0.29, 0.717) is 6.61 Å². The third-order valence-electron chi connectivity index (χ3n) is 2.01. The minimum absolute atomic E-state index is 0.00761. The molecule has 94 valence electrons. The molecule has 0 heterocycles. The van der Waals surface area contributed by atoms with Crippen LogP contribution in [0.2, 0.25) is 0 Å². The van der Waals surface area contributed by atoms with E-state index >= 15 is 0 Å². The smallest absolute Gasteiger partial charge is 0.305 e. The van der Waals surface area contributed by atoms with Crippen LogP contribution in [0.1, 0.15) is 39.5 Å². The number of carbonyl (C=O) groups is 2. The Morgan fingerprint density at radius 1 is 1.38 bits per heavy atom. The summed E-state index contributed by atoms with van der Waals surface area (Å²) in [7, 11) is 0. The third kappa shape index (κ3) is 9.45. The molecule has 5 nitrogen and oxygen atoms in total. The summed E-state index contributed by atoms with van der Waals surface area (Å²) in [6.07, 6.45) is 3.10. The van der Waals surface area contributed by atoms with Gasteiger partial charge in [0, 0.05) is 12.6 Å². The van der Waals surface area contributed by atoms with Crippen LogP contribution in [0.15, 0.2) is 0 Å². The molecule has 1 amide bonds. The molecule has 1 unspecified atom stereocenters. The van der Waals surface area contributed by atoms with Crippen LogP contribution in [0.3, 0.4) is 0 Å². The molecular weight excluding hydrogens is 210 g/mol. The maximum absolute atomic E-state index is 11.2. The summed E-state index contributed by atoms with van der Waals surface area (Å²) in [5, 5.41) is 11.0. The number of carboxylic acids is 1. The standard InChI is InChI=1S/C11H21NO4/c1-3-4-5-6-16-8-10(13)12-9(2)7-11(14)15/h9H,3-8H2,1-2H3,(H,12,13)(H,14,15). The quantitative estimate of drug-likeness (QED) is 0.584. The predicted octanol–water partition coefficient (Wildman–Crippen LogP) is 1.17. The van der Waals surface area contributed by atoms with Gasteiger partial charge in [-0.05, 0) is 13.3 Å². The Bertz CT molecular complexity index is 218. The van der Waals surface area contributed by atoms with Crippen LogP contribution in [0.25, 0.3) is 0 Å². The summed E-state index contributed by atoms with van der Waals surface area (Å²) in [4.78, 5) is 21.6. The minimum Gasteiger partial charge on any atom is -0.481 e. The van der Waals surface area contributed by atoms with Crippen LogP contribution in [-0.4, -0.2) is 36.2 Å². The molecule has 0 aliphatic heterocycles. The lowest BCUT2D eigenvalue weighted by Crippen LogP contribution is -2.36. The number of nitrogens with one attached hydrogen (secondary N) is 1. The normalized spacial score (nSPS) is 12.1. The average Bonchev–Trinajstić information content (AvgIpc) is 2.15. The number of carbonyl (C=O) groups excluding carboxylic acids is 1. The molecule has 0 aliphatic rings. The summed E-state index contributed by atoms with van der Waals surface area (Å²) in [6.45, 7) is 4.34. The lowest BCUT2D eigenvalue weighted by Gasteiger charge is -2.11. The van der Waals surface area contributed by atoms with Crippen molar-refractivity contribution < 1.29 is 19.4 Å². The fraction of sp³-hybridized carbons (Fsp3) is 0.818. The van der Waals surface area contributed by atoms with Gasteiger partial charge in [-0.3, -0.25) is 9.59 Å². The zero-order valence-electron chi connectivity index (χ0n) is 9.99. The second kappa shape index (κ2) is 9.15. The van der Waals surface area contributed by atoms with Gasteiger partial charge in [-0.15, -0.1) is 0 Å². The Morgan fingerprint density at radius 2 is 2.06 bits per heavy atom. The Hall–Kier alpha value is -1.10. The van der Waals surface area contributed by atoms with Crippen molar-refractivity contribution in [2.24, 2.45) is 0 Å². The van der Waals surface area contributed by atoms with Crippen molar-refractivity contribution in [3.05, 3.63) is 0 Å². The van der Waals surface area contributed by atoms with Gasteiger partial charge < -0.3 is 15.2 Å². The third-order valence-corrected chi connectivity index (χ3v) is 2.01. The first-order valence-electron chi connectivity index (χ1n) is 5.65. The molecule has 16 heavy (non-hydrogen) atoms. The molecule has 0 fully saturated rings. The summed E-state index contributed by atoms with van der Waals surface area (Å²) in [5.41, 5.74) is 0. The van der Waals surface area contributed by atoms with E-state index in [-0.39, 0.29) is 25.0 Å². The van der Waals surface area contributed by atoms with E-state index in [1.54, 1.807) is 6.92 Å². The van der Waals surface area contributed by atoms with Crippen LogP contribution in [0.4, 0.5) is 0 Å². The molecule has 0 aromatic rings. The maximum Gasteiger partial charge on any atom is 0.305 e. The van der Waals surface area contributed by atoms with E-state index in [9.17, 15) is 9.59 Å². The van der Waals surface area contributed by atoms with Crippen molar-refractivity contribution in [2.45, 2.75) is 45.6 Å². The second-order valence-electron chi connectivity index (χ2n) is 3.83. The van der Waals surface area contributed by atoms with Gasteiger partial charge in [-0.1, -0.05) is 19.8 Å². The Labute approximate surface area is 96.2 Å². The predicted molar refractivity (Wildman–Crippen MR) is 60.2 cm³/mol. The van der Waals surface area contributed by atoms with Gasteiger partial charge in [0.05, 0.1) is 6.42 Å². The fourth-order valence-electron chi connectivity index (χ4n) is 1.25. The topological polar surface area (TPSA) is 75.6 Å². The van der Waals surface area contributed by atoms with Crippen LogP contribution in [-0.2, 0) is 14.3 Å². The monoisotopic (exact) mass is 231 g/mol. The molecule has 2 N–H and O–H groups in total. The summed E-state index contributed by atoms with van der Waals surface area (Å²) in [6, 6.07) is -0.357. The van der Waals surface area contributed by atoms with Gasteiger partial charge in [0.2, 0.25) is 5.91 Å². The highest BCUT2D eigenvalue weighted by atomic mass is 16.5. The van der Waals surface area contributed by atoms with E-state index in [4.69, 9.17) is 9.84 Å². The van der Waals surface area contributed by atoms with Gasteiger partial charge >= 0.3 is 5.97 Å². The highest BCUT2D eigenvalue weighted by Gasteiger charge is 2.10. The number of hydrogen-bond donors (Lipinski definition) is 2. The van der Waals surface area contributed by atoms with Crippen molar-refractivity contribution in [1.82, 2.24) is 5.32 Å². The number of hydrogen-bond acceptors (Lipinski definition) is 3. The Morgan fingerprint density at radius 3 is 2.62 bits per heavy atom. The second-order valence-corrected chi connectivity index (χ2v) is 3.83. The number of unbranched alkanes of at least 4 members (excludes halogenated alkanes) is 2. The average molecular weight is 231 g/mol. The van der Waals surface area contributed by atoms with Gasteiger partial charge in [-0.2, -0.15) is 0 Å². The molecule has 0 saturated carbocycles. The summed E-state index contributed by atoms with van der Waals surface area (Å²) >= 11 is 0. The van der Waals surface area contributed by atoms with Crippen LogP contribution < -0.4 is 5.32 Å². The van der Waals surface area contributed by atoms with Crippen molar-refractivity contribution >= 4 is 11.9 Å². The van der Waals surface area contributed by atoms with Crippen LogP contribution >= 0.6 is 0 Å². The molecular formula is C11H21NO4. The lowest BCUT2D eigenvalue weighted by molar-refractivity contribution is -0.137. The van der Waals surface area contributed by atoms with E-state index in [1.807, 2.05) is 0 Å². The number of ether oxygens (including phenoxy) is 1. The highest BCUT2D eigenvalue weighted by Crippen LogP contribution is 1.94. The van der Waals surface area contributed by atoms with E-state index in [2.05, 4.69) is 12.2 Å². The zero-order chi connectivity index (χ0) is 12.4. The Balaban J connectivity index is 3.47. The van der Waals surface area contributed by atoms with E-state index in [0.717, 1.165) is 19.3 Å². The first-order chi connectivity index (χ1) is 7.56. The van der Waals surface area contributed by atoms with E-state index in [1.165, 1.54) is 0 Å². The largest absolute Gasteiger partial charge is 0.481 e. The molecule has 0 aromatic carbocycles.